The van der Waals surface area contributed by atoms with Crippen molar-refractivity contribution in [3.8, 4) is 0 Å². The van der Waals surface area contributed by atoms with Crippen molar-refractivity contribution in [3.63, 3.8) is 0 Å². The summed E-state index contributed by atoms with van der Waals surface area (Å²) in [6.45, 7) is 3.45. The lowest BCUT2D eigenvalue weighted by Gasteiger charge is -2.40. The molecule has 0 radical (unpaired) electrons. The van der Waals surface area contributed by atoms with Gasteiger partial charge in [-0.2, -0.15) is 0 Å². The van der Waals surface area contributed by atoms with Gasteiger partial charge in [0.2, 0.25) is 5.91 Å². The lowest BCUT2D eigenvalue weighted by molar-refractivity contribution is -0.303. The number of carbonyl (C=O) groups is 1. The first-order valence-electron chi connectivity index (χ1n) is 30.9. The van der Waals surface area contributed by atoms with Gasteiger partial charge in [-0.05, 0) is 77.0 Å². The molecule has 1 fully saturated rings. The fourth-order valence-corrected chi connectivity index (χ4v) is 9.87. The summed E-state index contributed by atoms with van der Waals surface area (Å²) in [6.07, 6.45) is 52.3. The van der Waals surface area contributed by atoms with Crippen LogP contribution in [0.15, 0.2) is 36.5 Å². The minimum Gasteiger partial charge on any atom is -0.394 e. The topological polar surface area (TPSA) is 189 Å². The smallest absolute Gasteiger partial charge is 0.249 e. The van der Waals surface area contributed by atoms with E-state index in [1.54, 1.807) is 0 Å². The first kappa shape index (κ1) is 69.3. The zero-order valence-electron chi connectivity index (χ0n) is 47.1. The van der Waals surface area contributed by atoms with E-state index in [2.05, 4.69) is 55.6 Å². The zero-order valence-corrected chi connectivity index (χ0v) is 47.1. The molecule has 0 saturated carbocycles. The molecular formula is C62H117NO10. The SMILES string of the molecule is CCCCCCCCC/C=C\CCCCCCC(O)C(=O)NC(COC1OC(CO)C(O)C(O)C1O)C(O)C(O)CCC/C=C/CC/C=C/CCCCCCCCCCCCCCCCCCCCCCCC. The summed E-state index contributed by atoms with van der Waals surface area (Å²) >= 11 is 0. The summed E-state index contributed by atoms with van der Waals surface area (Å²) in [5, 5.41) is 76.1. The predicted octanol–water partition coefficient (Wildman–Crippen LogP) is 13.5. The summed E-state index contributed by atoms with van der Waals surface area (Å²) < 4.78 is 11.1. The van der Waals surface area contributed by atoms with Gasteiger partial charge in [0.25, 0.3) is 0 Å². The maximum atomic E-state index is 13.2. The number of carbonyl (C=O) groups excluding carboxylic acids is 1. The van der Waals surface area contributed by atoms with Crippen LogP contribution < -0.4 is 5.32 Å². The van der Waals surface area contributed by atoms with Crippen LogP contribution in [0.1, 0.15) is 284 Å². The molecule has 8 N–H and O–H groups in total. The molecule has 1 aliphatic heterocycles. The molecule has 0 aliphatic carbocycles. The second kappa shape index (κ2) is 51.1. The minimum absolute atomic E-state index is 0.237. The highest BCUT2D eigenvalue weighted by atomic mass is 16.7. The maximum absolute atomic E-state index is 13.2. The van der Waals surface area contributed by atoms with E-state index in [0.717, 1.165) is 51.4 Å². The monoisotopic (exact) mass is 1040 g/mol. The molecule has 11 heteroatoms. The van der Waals surface area contributed by atoms with Crippen molar-refractivity contribution in [1.82, 2.24) is 5.32 Å². The molecule has 0 bridgehead atoms. The van der Waals surface area contributed by atoms with Gasteiger partial charge in [-0.25, -0.2) is 0 Å². The lowest BCUT2D eigenvalue weighted by Crippen LogP contribution is -2.60. The Morgan fingerprint density at radius 3 is 1.22 bits per heavy atom. The van der Waals surface area contributed by atoms with Crippen molar-refractivity contribution in [2.24, 2.45) is 0 Å². The van der Waals surface area contributed by atoms with Crippen molar-refractivity contribution in [2.45, 2.75) is 339 Å². The molecule has 73 heavy (non-hydrogen) atoms. The number of aliphatic hydroxyl groups is 7. The van der Waals surface area contributed by atoms with E-state index < -0.39 is 74.2 Å². The molecule has 0 aromatic heterocycles. The van der Waals surface area contributed by atoms with Crippen LogP contribution in [0.5, 0.6) is 0 Å². The normalized spacial score (nSPS) is 20.2. The summed E-state index contributed by atoms with van der Waals surface area (Å²) in [7, 11) is 0. The van der Waals surface area contributed by atoms with E-state index in [1.165, 1.54) is 186 Å². The van der Waals surface area contributed by atoms with E-state index in [0.29, 0.717) is 19.3 Å². The van der Waals surface area contributed by atoms with Gasteiger partial charge in [0.1, 0.15) is 36.6 Å². The highest BCUT2D eigenvalue weighted by Gasteiger charge is 2.44. The number of allylic oxidation sites excluding steroid dienone is 6. The van der Waals surface area contributed by atoms with Crippen LogP contribution in [0.4, 0.5) is 0 Å². The number of nitrogens with one attached hydrogen (secondary N) is 1. The number of ether oxygens (including phenoxy) is 2. The van der Waals surface area contributed by atoms with Crippen molar-refractivity contribution in [3.05, 3.63) is 36.5 Å². The first-order valence-corrected chi connectivity index (χ1v) is 30.9. The fraction of sp³-hybridized carbons (Fsp3) is 0.887. The molecule has 1 aliphatic rings. The molecule has 1 saturated heterocycles. The van der Waals surface area contributed by atoms with Gasteiger partial charge >= 0.3 is 0 Å². The summed E-state index contributed by atoms with van der Waals surface area (Å²) in [5.41, 5.74) is 0. The predicted molar refractivity (Wildman–Crippen MR) is 302 cm³/mol. The molecule has 1 heterocycles. The molecule has 11 nitrogen and oxygen atoms in total. The average Bonchev–Trinajstić information content (AvgIpc) is 3.39. The number of unbranched alkanes of at least 4 members (excludes halogenated alkanes) is 35. The van der Waals surface area contributed by atoms with Crippen LogP contribution >= 0.6 is 0 Å². The molecule has 0 aromatic rings. The number of aliphatic hydroxyl groups excluding tert-OH is 7. The van der Waals surface area contributed by atoms with Crippen LogP contribution in [0, 0.1) is 0 Å². The largest absolute Gasteiger partial charge is 0.394 e. The Hall–Kier alpha value is -1.67. The van der Waals surface area contributed by atoms with Crippen LogP contribution in [-0.4, -0.2) is 110 Å². The van der Waals surface area contributed by atoms with E-state index in [9.17, 15) is 40.5 Å². The molecule has 9 unspecified atom stereocenters. The van der Waals surface area contributed by atoms with Crippen molar-refractivity contribution in [2.75, 3.05) is 13.2 Å². The van der Waals surface area contributed by atoms with Gasteiger partial charge < -0.3 is 50.5 Å². The van der Waals surface area contributed by atoms with Crippen LogP contribution in [-0.2, 0) is 14.3 Å². The molecular weight excluding hydrogens is 919 g/mol. The van der Waals surface area contributed by atoms with Gasteiger partial charge in [-0.3, -0.25) is 4.79 Å². The molecule has 0 spiro atoms. The molecule has 9 atom stereocenters. The standard InChI is InChI=1S/C62H117NO10/c1-3-5-7-9-11-13-15-17-19-20-21-22-23-24-25-26-27-28-29-30-31-32-33-34-36-37-39-41-43-45-47-49-54(65)57(67)53(52-72-62-60(70)59(69)58(68)56(51-64)73-62)63-61(71)55(66)50-48-46-44-42-40-38-35-18-16-14-12-10-8-6-4-2/h34-36,38,41,43,53-60,62,64-70H,3-33,37,39-40,42,44-52H2,1-2H3,(H,63,71)/b36-34+,38-35-,43-41+. The zero-order chi connectivity index (χ0) is 53.3. The summed E-state index contributed by atoms with van der Waals surface area (Å²) in [4.78, 5) is 13.2. The molecule has 1 amide bonds. The van der Waals surface area contributed by atoms with Crippen molar-refractivity contribution in [1.29, 1.82) is 0 Å². The molecule has 0 aromatic carbocycles. The number of rotatable bonds is 53. The van der Waals surface area contributed by atoms with Gasteiger partial charge in [0, 0.05) is 0 Å². The van der Waals surface area contributed by atoms with Gasteiger partial charge in [0.05, 0.1) is 25.4 Å². The van der Waals surface area contributed by atoms with E-state index in [1.807, 2.05) is 0 Å². The van der Waals surface area contributed by atoms with E-state index in [4.69, 9.17) is 9.47 Å². The number of hydrogen-bond acceptors (Lipinski definition) is 10. The van der Waals surface area contributed by atoms with Crippen molar-refractivity contribution >= 4 is 5.91 Å². The second-order valence-electron chi connectivity index (χ2n) is 21.8. The third-order valence-corrected chi connectivity index (χ3v) is 14.9. The van der Waals surface area contributed by atoms with Crippen LogP contribution in [0.3, 0.4) is 0 Å². The Labute approximate surface area is 447 Å². The third kappa shape index (κ3) is 39.4. The Balaban J connectivity index is 2.26. The first-order chi connectivity index (χ1) is 35.7. The average molecular weight is 1040 g/mol. The third-order valence-electron chi connectivity index (χ3n) is 14.9. The van der Waals surface area contributed by atoms with Gasteiger partial charge in [-0.1, -0.05) is 243 Å². The quantitative estimate of drug-likeness (QED) is 0.0215. The minimum atomic E-state index is -1.67. The second-order valence-corrected chi connectivity index (χ2v) is 21.8. The Morgan fingerprint density at radius 2 is 0.822 bits per heavy atom. The molecule has 1 rings (SSSR count). The number of hydrogen-bond donors (Lipinski definition) is 8. The Kier molecular flexibility index (Phi) is 48.5. The highest BCUT2D eigenvalue weighted by molar-refractivity contribution is 5.80. The highest BCUT2D eigenvalue weighted by Crippen LogP contribution is 2.23. The number of amides is 1. The lowest BCUT2D eigenvalue weighted by atomic mass is 9.98. The Bertz CT molecular complexity index is 1280. The van der Waals surface area contributed by atoms with Crippen molar-refractivity contribution < 1.29 is 50.0 Å². The van der Waals surface area contributed by atoms with E-state index >= 15 is 0 Å². The van der Waals surface area contributed by atoms with Crippen LogP contribution in [0.25, 0.3) is 0 Å². The summed E-state index contributed by atoms with van der Waals surface area (Å²) in [5.74, 6) is -0.718. The maximum Gasteiger partial charge on any atom is 0.249 e. The van der Waals surface area contributed by atoms with Gasteiger partial charge in [0.15, 0.2) is 6.29 Å². The van der Waals surface area contributed by atoms with Crippen LogP contribution in [0.2, 0.25) is 0 Å². The van der Waals surface area contributed by atoms with Gasteiger partial charge in [-0.15, -0.1) is 0 Å². The Morgan fingerprint density at radius 1 is 0.466 bits per heavy atom. The molecule has 430 valence electrons. The fourth-order valence-electron chi connectivity index (χ4n) is 9.87. The van der Waals surface area contributed by atoms with E-state index in [-0.39, 0.29) is 12.8 Å². The summed E-state index contributed by atoms with van der Waals surface area (Å²) in [6, 6.07) is -1.20.